The fourth-order valence-corrected chi connectivity index (χ4v) is 5.35. The van der Waals surface area contributed by atoms with Gasteiger partial charge in [0.2, 0.25) is 0 Å². The van der Waals surface area contributed by atoms with Crippen molar-refractivity contribution >= 4 is 11.8 Å². The molecule has 2 atom stereocenters. The quantitative estimate of drug-likeness (QED) is 0.316. The molecule has 8 heteroatoms. The lowest BCUT2D eigenvalue weighted by atomic mass is 9.71. The number of Topliss-reactive ketones (excluding diaryl/α,β-unsaturated/α-hetero) is 1. The third kappa shape index (κ3) is 6.11. The molecular weight excluding hydrogens is 498 g/mol. The van der Waals surface area contributed by atoms with Crippen molar-refractivity contribution in [2.24, 2.45) is 0 Å². The zero-order valence-corrected chi connectivity index (χ0v) is 23.3. The van der Waals surface area contributed by atoms with Crippen molar-refractivity contribution < 1.29 is 33.3 Å². The molecule has 0 radical (unpaired) electrons. The first-order valence-electron chi connectivity index (χ1n) is 13.3. The van der Waals surface area contributed by atoms with E-state index >= 15 is 0 Å². The molecule has 1 heterocycles. The predicted octanol–water partition coefficient (Wildman–Crippen LogP) is 5.04. The van der Waals surface area contributed by atoms with Gasteiger partial charge in [0.15, 0.2) is 17.3 Å². The highest BCUT2D eigenvalue weighted by molar-refractivity contribution is 6.04. The number of ether oxygens (including phenoxy) is 5. The van der Waals surface area contributed by atoms with Crippen LogP contribution in [0.15, 0.2) is 65.0 Å². The summed E-state index contributed by atoms with van der Waals surface area (Å²) in [6.45, 7) is 7.16. The van der Waals surface area contributed by atoms with Crippen LogP contribution in [0.1, 0.15) is 56.6 Å². The molecule has 0 saturated carbocycles. The van der Waals surface area contributed by atoms with Crippen molar-refractivity contribution in [1.82, 2.24) is 5.32 Å². The first kappa shape index (κ1) is 28.2. The van der Waals surface area contributed by atoms with Gasteiger partial charge in [-0.1, -0.05) is 18.2 Å². The zero-order valence-electron chi connectivity index (χ0n) is 23.3. The number of hydrogen-bond donors (Lipinski definition) is 1. The van der Waals surface area contributed by atoms with E-state index in [4.69, 9.17) is 23.7 Å². The molecule has 0 amide bonds. The van der Waals surface area contributed by atoms with Crippen LogP contribution in [-0.4, -0.2) is 52.4 Å². The van der Waals surface area contributed by atoms with Gasteiger partial charge in [-0.3, -0.25) is 4.79 Å². The summed E-state index contributed by atoms with van der Waals surface area (Å²) in [5, 5.41) is 3.39. The fraction of sp³-hybridized carbons (Fsp3) is 0.419. The van der Waals surface area contributed by atoms with Gasteiger partial charge >= 0.3 is 5.97 Å². The molecule has 4 rings (SSSR count). The number of hydrogen-bond acceptors (Lipinski definition) is 8. The van der Waals surface area contributed by atoms with Gasteiger partial charge in [-0.15, -0.1) is 0 Å². The van der Waals surface area contributed by atoms with Crippen molar-refractivity contribution in [2.45, 2.75) is 45.4 Å². The lowest BCUT2D eigenvalue weighted by Gasteiger charge is -2.37. The van der Waals surface area contributed by atoms with Crippen LogP contribution < -0.4 is 19.5 Å². The molecule has 208 valence electrons. The second-order valence-electron chi connectivity index (χ2n) is 9.47. The number of dihydropyridines is 1. The average Bonchev–Trinajstić information content (AvgIpc) is 2.94. The largest absolute Gasteiger partial charge is 0.494 e. The molecule has 0 fully saturated rings. The Kier molecular flexibility index (Phi) is 9.30. The highest BCUT2D eigenvalue weighted by Crippen LogP contribution is 2.47. The minimum atomic E-state index is -0.569. The van der Waals surface area contributed by atoms with E-state index in [1.54, 1.807) is 14.2 Å². The van der Waals surface area contributed by atoms with Crippen LogP contribution >= 0.6 is 0 Å². The summed E-state index contributed by atoms with van der Waals surface area (Å²) in [4.78, 5) is 27.3. The lowest BCUT2D eigenvalue weighted by molar-refractivity contribution is -0.140. The number of benzene rings is 2. The Morgan fingerprint density at radius 1 is 0.949 bits per heavy atom. The predicted molar refractivity (Wildman–Crippen MR) is 147 cm³/mol. The second kappa shape index (κ2) is 12.8. The van der Waals surface area contributed by atoms with Crippen molar-refractivity contribution in [2.75, 3.05) is 40.6 Å². The smallest absolute Gasteiger partial charge is 0.336 e. The first-order valence-corrected chi connectivity index (χ1v) is 13.3. The summed E-state index contributed by atoms with van der Waals surface area (Å²) in [5.41, 5.74) is 4.32. The number of esters is 1. The molecule has 2 aromatic carbocycles. The van der Waals surface area contributed by atoms with Crippen molar-refractivity contribution in [3.63, 3.8) is 0 Å². The third-order valence-corrected chi connectivity index (χ3v) is 7.09. The van der Waals surface area contributed by atoms with Crippen molar-refractivity contribution in [3.8, 4) is 17.2 Å². The molecule has 2 aliphatic rings. The van der Waals surface area contributed by atoms with Crippen LogP contribution in [0.4, 0.5) is 0 Å². The topological polar surface area (TPSA) is 92.3 Å². The molecule has 1 aliphatic carbocycles. The summed E-state index contributed by atoms with van der Waals surface area (Å²) in [6, 6.07) is 13.3. The molecule has 2 unspecified atom stereocenters. The Labute approximate surface area is 229 Å². The maximum absolute atomic E-state index is 13.9. The standard InChI is InChI=1S/C31H37NO7/c1-6-37-13-14-39-31(34)28-19(3)32-24-16-22(20-11-12-26(35-4)27(18-20)36-5)17-25(33)30(24)29(28)21-9-8-10-23(15-21)38-7-2/h8-12,15,18,22,29,32H,6-7,13-14,16-17H2,1-5H3. The second-order valence-corrected chi connectivity index (χ2v) is 9.47. The Bertz CT molecular complexity index is 1280. The Morgan fingerprint density at radius 3 is 2.46 bits per heavy atom. The number of allylic oxidation sites excluding steroid dienone is 3. The molecule has 0 aromatic heterocycles. The van der Waals surface area contributed by atoms with Crippen molar-refractivity contribution in [1.29, 1.82) is 0 Å². The van der Waals surface area contributed by atoms with Gasteiger partial charge in [0.25, 0.3) is 0 Å². The van der Waals surface area contributed by atoms with Gasteiger partial charge in [-0.25, -0.2) is 4.79 Å². The maximum atomic E-state index is 13.9. The van der Waals surface area contributed by atoms with Crippen LogP contribution in [0.2, 0.25) is 0 Å². The van der Waals surface area contributed by atoms with Crippen LogP contribution in [0, 0.1) is 0 Å². The number of rotatable bonds is 11. The number of nitrogens with one attached hydrogen (secondary N) is 1. The normalized spacial score (nSPS) is 18.8. The van der Waals surface area contributed by atoms with Crippen molar-refractivity contribution in [3.05, 3.63) is 76.1 Å². The molecule has 1 aliphatic heterocycles. The average molecular weight is 536 g/mol. The zero-order chi connectivity index (χ0) is 27.9. The highest BCUT2D eigenvalue weighted by Gasteiger charge is 2.41. The Morgan fingerprint density at radius 2 is 1.74 bits per heavy atom. The van der Waals surface area contributed by atoms with E-state index in [0.717, 1.165) is 16.8 Å². The molecule has 0 spiro atoms. The van der Waals surface area contributed by atoms with E-state index in [2.05, 4.69) is 5.32 Å². The third-order valence-electron chi connectivity index (χ3n) is 7.09. The summed E-state index contributed by atoms with van der Waals surface area (Å²) >= 11 is 0. The number of carbonyl (C=O) groups is 2. The summed E-state index contributed by atoms with van der Waals surface area (Å²) in [5.74, 6) is 0.850. The minimum Gasteiger partial charge on any atom is -0.494 e. The number of carbonyl (C=O) groups excluding carboxylic acids is 2. The van der Waals surface area contributed by atoms with Gasteiger partial charge < -0.3 is 29.0 Å². The van der Waals surface area contributed by atoms with Crippen LogP contribution in [-0.2, 0) is 19.1 Å². The highest BCUT2D eigenvalue weighted by atomic mass is 16.6. The molecule has 0 bridgehead atoms. The maximum Gasteiger partial charge on any atom is 0.336 e. The Hall–Kier alpha value is -3.78. The van der Waals surface area contributed by atoms with E-state index < -0.39 is 11.9 Å². The first-order chi connectivity index (χ1) is 18.9. The summed E-state index contributed by atoms with van der Waals surface area (Å²) < 4.78 is 27.5. The van der Waals surface area contributed by atoms with Gasteiger partial charge in [-0.05, 0) is 68.5 Å². The summed E-state index contributed by atoms with van der Waals surface area (Å²) in [6.07, 6.45) is 0.922. The molecule has 8 nitrogen and oxygen atoms in total. The molecule has 39 heavy (non-hydrogen) atoms. The molecular formula is C31H37NO7. The SMILES string of the molecule is CCOCCOC(=O)C1=C(C)NC2=C(C(=O)CC(c3ccc(OC)c(OC)c3)C2)C1c1cccc(OCC)c1. The van der Waals surface area contributed by atoms with E-state index in [0.29, 0.717) is 66.8 Å². The van der Waals surface area contributed by atoms with E-state index in [1.807, 2.05) is 63.2 Å². The van der Waals surface area contributed by atoms with E-state index in [1.165, 1.54) is 0 Å². The van der Waals surface area contributed by atoms with E-state index in [9.17, 15) is 9.59 Å². The van der Waals surface area contributed by atoms with E-state index in [-0.39, 0.29) is 18.3 Å². The van der Waals surface area contributed by atoms with Crippen LogP contribution in [0.5, 0.6) is 17.2 Å². The molecule has 1 N–H and O–H groups in total. The Balaban J connectivity index is 1.73. The molecule has 0 saturated heterocycles. The van der Waals surface area contributed by atoms with Crippen LogP contribution in [0.3, 0.4) is 0 Å². The van der Waals surface area contributed by atoms with Gasteiger partial charge in [-0.2, -0.15) is 0 Å². The number of methoxy groups -OCH3 is 2. The minimum absolute atomic E-state index is 0.0116. The van der Waals surface area contributed by atoms with Gasteiger partial charge in [0.1, 0.15) is 12.4 Å². The number of ketones is 1. The fourth-order valence-electron chi connectivity index (χ4n) is 5.35. The van der Waals surface area contributed by atoms with Gasteiger partial charge in [0, 0.05) is 35.9 Å². The molecule has 2 aromatic rings. The lowest BCUT2D eigenvalue weighted by Crippen LogP contribution is -2.36. The summed E-state index contributed by atoms with van der Waals surface area (Å²) in [7, 11) is 3.20. The van der Waals surface area contributed by atoms with Crippen LogP contribution in [0.25, 0.3) is 0 Å². The monoisotopic (exact) mass is 535 g/mol. The van der Waals surface area contributed by atoms with Gasteiger partial charge in [0.05, 0.1) is 33.0 Å².